The van der Waals surface area contributed by atoms with Crippen LogP contribution >= 0.6 is 0 Å². The summed E-state index contributed by atoms with van der Waals surface area (Å²) in [5.41, 5.74) is 3.51. The number of ether oxygens (including phenoxy) is 1. The highest BCUT2D eigenvalue weighted by Gasteiger charge is 2.22. The Kier molecular flexibility index (Phi) is 7.58. The van der Waals surface area contributed by atoms with Crippen molar-refractivity contribution in [1.82, 2.24) is 4.90 Å². The van der Waals surface area contributed by atoms with Crippen LogP contribution in [0.4, 0.5) is 14.5 Å². The molecule has 1 amide bonds. The van der Waals surface area contributed by atoms with Gasteiger partial charge in [0.15, 0.2) is 11.6 Å². The molecule has 4 rings (SSSR count). The number of rotatable bonds is 7. The van der Waals surface area contributed by atoms with E-state index in [4.69, 9.17) is 4.74 Å². The highest BCUT2D eigenvalue weighted by Crippen LogP contribution is 2.24. The summed E-state index contributed by atoms with van der Waals surface area (Å²) in [5, 5.41) is 0. The van der Waals surface area contributed by atoms with Gasteiger partial charge in [0.2, 0.25) is 5.91 Å². The summed E-state index contributed by atoms with van der Waals surface area (Å²) in [6.45, 7) is 2.84. The molecule has 0 saturated carbocycles. The number of benzene rings is 3. The van der Waals surface area contributed by atoms with E-state index in [1.165, 1.54) is 25.3 Å². The number of hydrogen-bond donors (Lipinski definition) is 0. The van der Waals surface area contributed by atoms with Gasteiger partial charge in [-0.25, -0.2) is 8.78 Å². The lowest BCUT2D eigenvalue weighted by atomic mass is 9.99. The van der Waals surface area contributed by atoms with E-state index in [0.717, 1.165) is 35.5 Å². The maximum atomic E-state index is 14.1. The third-order valence-electron chi connectivity index (χ3n) is 6.11. The maximum absolute atomic E-state index is 14.1. The van der Waals surface area contributed by atoms with Gasteiger partial charge in [-0.15, -0.1) is 0 Å². The van der Waals surface area contributed by atoms with Crippen LogP contribution in [0.15, 0.2) is 78.9 Å². The molecule has 34 heavy (non-hydrogen) atoms. The van der Waals surface area contributed by atoms with Gasteiger partial charge < -0.3 is 14.5 Å². The minimum Gasteiger partial charge on any atom is -0.494 e. The van der Waals surface area contributed by atoms with Gasteiger partial charge in [0, 0.05) is 31.9 Å². The van der Waals surface area contributed by atoms with Gasteiger partial charge >= 0.3 is 0 Å². The maximum Gasteiger partial charge on any atom is 0.227 e. The van der Waals surface area contributed by atoms with Crippen LogP contribution in [0.5, 0.6) is 5.75 Å². The number of piperazine rings is 1. The van der Waals surface area contributed by atoms with Gasteiger partial charge in [0.05, 0.1) is 13.5 Å². The van der Waals surface area contributed by atoms with Crippen molar-refractivity contribution in [2.45, 2.75) is 12.8 Å². The average molecular weight is 463 g/mol. The van der Waals surface area contributed by atoms with Gasteiger partial charge in [-0.1, -0.05) is 42.5 Å². The highest BCUT2D eigenvalue weighted by atomic mass is 19.1. The molecule has 3 aromatic carbocycles. The molecule has 0 atom stereocenters. The summed E-state index contributed by atoms with van der Waals surface area (Å²) < 4.78 is 32.6. The van der Waals surface area contributed by atoms with Crippen molar-refractivity contribution in [3.8, 4) is 5.75 Å². The van der Waals surface area contributed by atoms with Crippen molar-refractivity contribution in [3.63, 3.8) is 0 Å². The number of methoxy groups -OCH3 is 1. The molecular weight excluding hydrogens is 434 g/mol. The Morgan fingerprint density at radius 1 is 0.941 bits per heavy atom. The van der Waals surface area contributed by atoms with Crippen LogP contribution in [-0.4, -0.2) is 44.1 Å². The first-order chi connectivity index (χ1) is 16.5. The second-order valence-corrected chi connectivity index (χ2v) is 8.29. The minimum atomic E-state index is -0.427. The number of carbonyl (C=O) groups is 1. The van der Waals surface area contributed by atoms with Crippen molar-refractivity contribution >= 4 is 17.2 Å². The van der Waals surface area contributed by atoms with Crippen LogP contribution in [-0.2, 0) is 11.2 Å². The summed E-state index contributed by atoms with van der Waals surface area (Å²) in [4.78, 5) is 17.3. The topological polar surface area (TPSA) is 32.8 Å². The molecule has 1 saturated heterocycles. The van der Waals surface area contributed by atoms with Crippen LogP contribution in [0.3, 0.4) is 0 Å². The fourth-order valence-electron chi connectivity index (χ4n) is 4.16. The number of para-hydroxylation sites is 1. The van der Waals surface area contributed by atoms with Crippen LogP contribution in [0.2, 0.25) is 0 Å². The number of allylic oxidation sites excluding steroid dienone is 1. The average Bonchev–Trinajstić information content (AvgIpc) is 2.87. The molecule has 1 heterocycles. The SMILES string of the molecule is COc1ccc(C/C=C(/CC(=O)N2CCN(c3ccccc3)CC2)c2ccc(F)cc2)cc1F. The van der Waals surface area contributed by atoms with Gasteiger partial charge in [-0.2, -0.15) is 0 Å². The predicted molar refractivity (Wildman–Crippen MR) is 131 cm³/mol. The Bertz CT molecular complexity index is 1140. The molecule has 4 nitrogen and oxygen atoms in total. The number of anilines is 1. The smallest absolute Gasteiger partial charge is 0.227 e. The zero-order valence-electron chi connectivity index (χ0n) is 19.2. The van der Waals surface area contributed by atoms with Crippen molar-refractivity contribution in [2.75, 3.05) is 38.2 Å². The summed E-state index contributed by atoms with van der Waals surface area (Å²) >= 11 is 0. The third kappa shape index (κ3) is 5.81. The van der Waals surface area contributed by atoms with Crippen molar-refractivity contribution in [3.05, 3.63) is 102 Å². The number of amides is 1. The van der Waals surface area contributed by atoms with E-state index < -0.39 is 5.82 Å². The summed E-state index contributed by atoms with van der Waals surface area (Å²) in [6, 6.07) is 21.1. The molecule has 176 valence electrons. The van der Waals surface area contributed by atoms with Crippen LogP contribution in [0.1, 0.15) is 17.5 Å². The Balaban J connectivity index is 1.46. The fourth-order valence-corrected chi connectivity index (χ4v) is 4.16. The molecule has 3 aromatic rings. The first-order valence-corrected chi connectivity index (χ1v) is 11.4. The molecule has 1 fully saturated rings. The molecule has 0 unspecified atom stereocenters. The van der Waals surface area contributed by atoms with Gasteiger partial charge in [-0.3, -0.25) is 4.79 Å². The second-order valence-electron chi connectivity index (χ2n) is 8.29. The molecule has 0 aliphatic carbocycles. The van der Waals surface area contributed by atoms with Crippen LogP contribution < -0.4 is 9.64 Å². The standard InChI is InChI=1S/C28H28F2N2O2/c1-34-27-14-8-21(19-26(27)30)7-9-23(22-10-12-24(29)13-11-22)20-28(33)32-17-15-31(16-18-32)25-5-3-2-4-6-25/h2-6,8-14,19H,7,15-18,20H2,1H3/b23-9-. The van der Waals surface area contributed by atoms with Crippen LogP contribution in [0.25, 0.3) is 5.57 Å². The highest BCUT2D eigenvalue weighted by molar-refractivity contribution is 5.89. The third-order valence-corrected chi connectivity index (χ3v) is 6.11. The number of hydrogen-bond acceptors (Lipinski definition) is 3. The lowest BCUT2D eigenvalue weighted by Gasteiger charge is -2.36. The predicted octanol–water partition coefficient (Wildman–Crippen LogP) is 5.34. The van der Waals surface area contributed by atoms with E-state index in [1.807, 2.05) is 29.2 Å². The van der Waals surface area contributed by atoms with E-state index in [2.05, 4.69) is 17.0 Å². The fraction of sp³-hybridized carbons (Fsp3) is 0.250. The second kappa shape index (κ2) is 11.0. The Labute approximate surface area is 199 Å². The first-order valence-electron chi connectivity index (χ1n) is 11.4. The summed E-state index contributed by atoms with van der Waals surface area (Å²) in [6.07, 6.45) is 2.57. The molecule has 1 aliphatic heterocycles. The number of nitrogens with zero attached hydrogens (tertiary/aromatic N) is 2. The normalized spacial score (nSPS) is 14.3. The van der Waals surface area contributed by atoms with E-state index in [9.17, 15) is 13.6 Å². The molecule has 6 heteroatoms. The molecule has 0 spiro atoms. The van der Waals surface area contributed by atoms with E-state index >= 15 is 0 Å². The molecule has 0 bridgehead atoms. The van der Waals surface area contributed by atoms with E-state index in [0.29, 0.717) is 19.5 Å². The van der Waals surface area contributed by atoms with Gasteiger partial charge in [0.1, 0.15) is 5.82 Å². The lowest BCUT2D eigenvalue weighted by molar-refractivity contribution is -0.130. The Hall–Kier alpha value is -3.67. The van der Waals surface area contributed by atoms with Crippen molar-refractivity contribution < 1.29 is 18.3 Å². The lowest BCUT2D eigenvalue weighted by Crippen LogP contribution is -2.48. The zero-order valence-corrected chi connectivity index (χ0v) is 19.2. The van der Waals surface area contributed by atoms with Crippen molar-refractivity contribution in [2.24, 2.45) is 0 Å². The van der Waals surface area contributed by atoms with Crippen molar-refractivity contribution in [1.29, 1.82) is 0 Å². The van der Waals surface area contributed by atoms with Gasteiger partial charge in [0.25, 0.3) is 0 Å². The monoisotopic (exact) mass is 462 g/mol. The Morgan fingerprint density at radius 3 is 2.29 bits per heavy atom. The Morgan fingerprint density at radius 2 is 1.65 bits per heavy atom. The minimum absolute atomic E-state index is 0.0317. The molecule has 0 aromatic heterocycles. The quantitative estimate of drug-likeness (QED) is 0.475. The molecule has 0 radical (unpaired) electrons. The molecule has 0 N–H and O–H groups in total. The first kappa shape index (κ1) is 23.5. The number of halogens is 2. The largest absolute Gasteiger partial charge is 0.494 e. The zero-order chi connectivity index (χ0) is 23.9. The van der Waals surface area contributed by atoms with Crippen LogP contribution in [0, 0.1) is 11.6 Å². The molecular formula is C28H28F2N2O2. The summed E-state index contributed by atoms with van der Waals surface area (Å²) in [5.74, 6) is -0.534. The van der Waals surface area contributed by atoms with E-state index in [-0.39, 0.29) is 23.9 Å². The van der Waals surface area contributed by atoms with Gasteiger partial charge in [-0.05, 0) is 59.5 Å². The molecule has 1 aliphatic rings. The van der Waals surface area contributed by atoms with E-state index in [1.54, 1.807) is 24.3 Å². The summed E-state index contributed by atoms with van der Waals surface area (Å²) in [7, 11) is 1.43. The number of carbonyl (C=O) groups excluding carboxylic acids is 1.